The molecule has 2 aromatic rings. The highest BCUT2D eigenvalue weighted by atomic mass is 15.2. The van der Waals surface area contributed by atoms with Crippen LogP contribution in [0.2, 0.25) is 0 Å². The molecular formula is C14H20N4. The molecule has 3 rings (SSSR count). The summed E-state index contributed by atoms with van der Waals surface area (Å²) in [7, 11) is 0. The molecular weight excluding hydrogens is 224 g/mol. The third-order valence-corrected chi connectivity index (χ3v) is 3.58. The maximum atomic E-state index is 6.01. The quantitative estimate of drug-likeness (QED) is 0.872. The lowest BCUT2D eigenvalue weighted by Gasteiger charge is -2.29. The number of nitrogens with two attached hydrogens (primary N) is 1. The van der Waals surface area contributed by atoms with Gasteiger partial charge in [0.25, 0.3) is 0 Å². The van der Waals surface area contributed by atoms with Crippen LogP contribution in [0.4, 0.5) is 0 Å². The van der Waals surface area contributed by atoms with Gasteiger partial charge in [0.15, 0.2) is 0 Å². The van der Waals surface area contributed by atoms with Crippen LogP contribution in [-0.2, 0) is 6.54 Å². The minimum Gasteiger partial charge on any atom is -0.327 e. The monoisotopic (exact) mass is 244 g/mol. The molecule has 4 heteroatoms. The van der Waals surface area contributed by atoms with Crippen molar-refractivity contribution in [2.45, 2.75) is 32.4 Å². The summed E-state index contributed by atoms with van der Waals surface area (Å²) in [6, 6.07) is 4.50. The van der Waals surface area contributed by atoms with Gasteiger partial charge < -0.3 is 10.1 Å². The highest BCUT2D eigenvalue weighted by Crippen LogP contribution is 2.13. The van der Waals surface area contributed by atoms with Crippen LogP contribution in [0.5, 0.6) is 0 Å². The Hall–Kier alpha value is -1.39. The van der Waals surface area contributed by atoms with Crippen LogP contribution in [0.3, 0.4) is 0 Å². The van der Waals surface area contributed by atoms with Gasteiger partial charge in [-0.15, -0.1) is 0 Å². The van der Waals surface area contributed by atoms with Crippen molar-refractivity contribution in [2.24, 2.45) is 5.73 Å². The number of aryl methyl sites for hydroxylation is 1. The van der Waals surface area contributed by atoms with Gasteiger partial charge in [0.05, 0.1) is 5.69 Å². The van der Waals surface area contributed by atoms with E-state index in [1.807, 2.05) is 0 Å². The normalized spacial score (nSPS) is 21.6. The Morgan fingerprint density at radius 2 is 2.28 bits per heavy atom. The van der Waals surface area contributed by atoms with E-state index in [9.17, 15) is 0 Å². The predicted octanol–water partition coefficient (Wildman–Crippen LogP) is 1.57. The van der Waals surface area contributed by atoms with E-state index in [0.717, 1.165) is 37.4 Å². The zero-order valence-corrected chi connectivity index (χ0v) is 10.8. The van der Waals surface area contributed by atoms with Crippen LogP contribution in [0, 0.1) is 6.92 Å². The van der Waals surface area contributed by atoms with Crippen molar-refractivity contribution in [1.82, 2.24) is 14.3 Å². The van der Waals surface area contributed by atoms with E-state index < -0.39 is 0 Å². The second kappa shape index (κ2) is 4.71. The minimum absolute atomic E-state index is 0.332. The highest BCUT2D eigenvalue weighted by Gasteiger charge is 2.17. The zero-order chi connectivity index (χ0) is 12.5. The second-order valence-electron chi connectivity index (χ2n) is 5.34. The maximum Gasteiger partial charge on any atom is 0.137 e. The molecule has 18 heavy (non-hydrogen) atoms. The summed E-state index contributed by atoms with van der Waals surface area (Å²) in [6.45, 7) is 5.14. The molecule has 2 N–H and O–H groups in total. The fraction of sp³-hybridized carbons (Fsp3) is 0.500. The van der Waals surface area contributed by atoms with Crippen molar-refractivity contribution in [1.29, 1.82) is 0 Å². The van der Waals surface area contributed by atoms with Gasteiger partial charge in [-0.25, -0.2) is 4.98 Å². The highest BCUT2D eigenvalue weighted by molar-refractivity contribution is 5.41. The second-order valence-corrected chi connectivity index (χ2v) is 5.34. The summed E-state index contributed by atoms with van der Waals surface area (Å²) in [5.74, 6) is 0. The van der Waals surface area contributed by atoms with E-state index in [1.165, 1.54) is 12.0 Å². The third-order valence-electron chi connectivity index (χ3n) is 3.58. The minimum atomic E-state index is 0.332. The third kappa shape index (κ3) is 2.40. The lowest BCUT2D eigenvalue weighted by atomic mass is 10.1. The number of rotatable bonds is 2. The SMILES string of the molecule is Cc1ccc2nc(CN3CCC[C@@H](N)C3)cn2c1. The smallest absolute Gasteiger partial charge is 0.137 e. The van der Waals surface area contributed by atoms with Crippen LogP contribution in [0.1, 0.15) is 24.1 Å². The number of pyridine rings is 1. The van der Waals surface area contributed by atoms with Crippen molar-refractivity contribution >= 4 is 5.65 Å². The first-order chi connectivity index (χ1) is 8.70. The van der Waals surface area contributed by atoms with E-state index in [4.69, 9.17) is 5.73 Å². The van der Waals surface area contributed by atoms with Crippen LogP contribution < -0.4 is 5.73 Å². The summed E-state index contributed by atoms with van der Waals surface area (Å²) in [4.78, 5) is 7.06. The molecule has 1 saturated heterocycles. The van der Waals surface area contributed by atoms with Crippen molar-refractivity contribution in [3.05, 3.63) is 35.8 Å². The molecule has 3 heterocycles. The predicted molar refractivity (Wildman–Crippen MR) is 72.4 cm³/mol. The van der Waals surface area contributed by atoms with E-state index in [-0.39, 0.29) is 0 Å². The van der Waals surface area contributed by atoms with Gasteiger partial charge in [0.2, 0.25) is 0 Å². The number of hydrogen-bond acceptors (Lipinski definition) is 3. The molecule has 1 aliphatic heterocycles. The average Bonchev–Trinajstić information content (AvgIpc) is 2.70. The van der Waals surface area contributed by atoms with Crippen molar-refractivity contribution in [2.75, 3.05) is 13.1 Å². The molecule has 2 aromatic heterocycles. The van der Waals surface area contributed by atoms with E-state index in [0.29, 0.717) is 6.04 Å². The summed E-state index contributed by atoms with van der Waals surface area (Å²) in [6.07, 6.45) is 6.60. The molecule has 0 saturated carbocycles. The Morgan fingerprint density at radius 1 is 1.39 bits per heavy atom. The molecule has 0 amide bonds. The number of aromatic nitrogens is 2. The Balaban J connectivity index is 1.78. The zero-order valence-electron chi connectivity index (χ0n) is 10.8. The van der Waals surface area contributed by atoms with Crippen LogP contribution in [-0.4, -0.2) is 33.4 Å². The maximum absolute atomic E-state index is 6.01. The molecule has 1 aliphatic rings. The van der Waals surface area contributed by atoms with Gasteiger partial charge in [0, 0.05) is 31.5 Å². The summed E-state index contributed by atoms with van der Waals surface area (Å²) in [5.41, 5.74) is 9.42. The molecule has 0 bridgehead atoms. The van der Waals surface area contributed by atoms with Crippen molar-refractivity contribution < 1.29 is 0 Å². The Bertz CT molecular complexity index is 546. The van der Waals surface area contributed by atoms with Crippen molar-refractivity contribution in [3.8, 4) is 0 Å². The number of nitrogens with zero attached hydrogens (tertiary/aromatic N) is 3. The largest absolute Gasteiger partial charge is 0.327 e. The fourth-order valence-corrected chi connectivity index (χ4v) is 2.70. The molecule has 4 nitrogen and oxygen atoms in total. The number of likely N-dealkylation sites (tertiary alicyclic amines) is 1. The number of fused-ring (bicyclic) bond motifs is 1. The van der Waals surface area contributed by atoms with Gasteiger partial charge in [0.1, 0.15) is 5.65 Å². The van der Waals surface area contributed by atoms with Crippen LogP contribution in [0.15, 0.2) is 24.5 Å². The number of piperidine rings is 1. The van der Waals surface area contributed by atoms with Crippen LogP contribution in [0.25, 0.3) is 5.65 Å². The van der Waals surface area contributed by atoms with Gasteiger partial charge >= 0.3 is 0 Å². The average molecular weight is 244 g/mol. The number of hydrogen-bond donors (Lipinski definition) is 1. The Labute approximate surface area is 107 Å². The first-order valence-corrected chi connectivity index (χ1v) is 6.63. The van der Waals surface area contributed by atoms with Crippen molar-refractivity contribution in [3.63, 3.8) is 0 Å². The van der Waals surface area contributed by atoms with E-state index in [2.05, 4.69) is 45.7 Å². The molecule has 1 fully saturated rings. The van der Waals surface area contributed by atoms with E-state index in [1.54, 1.807) is 0 Å². The first kappa shape index (κ1) is 11.7. The summed E-state index contributed by atoms with van der Waals surface area (Å²) < 4.78 is 2.11. The molecule has 1 atom stereocenters. The summed E-state index contributed by atoms with van der Waals surface area (Å²) in [5, 5.41) is 0. The molecule has 0 aliphatic carbocycles. The molecule has 0 aromatic carbocycles. The lowest BCUT2D eigenvalue weighted by Crippen LogP contribution is -2.42. The summed E-state index contributed by atoms with van der Waals surface area (Å²) >= 11 is 0. The molecule has 96 valence electrons. The molecule has 0 unspecified atom stereocenters. The first-order valence-electron chi connectivity index (χ1n) is 6.63. The number of imidazole rings is 1. The lowest BCUT2D eigenvalue weighted by molar-refractivity contribution is 0.200. The Kier molecular flexibility index (Phi) is 3.06. The van der Waals surface area contributed by atoms with Gasteiger partial charge in [-0.2, -0.15) is 0 Å². The molecule has 0 radical (unpaired) electrons. The van der Waals surface area contributed by atoms with Gasteiger partial charge in [-0.1, -0.05) is 6.07 Å². The van der Waals surface area contributed by atoms with Gasteiger partial charge in [-0.05, 0) is 37.9 Å². The van der Waals surface area contributed by atoms with Crippen LogP contribution >= 0.6 is 0 Å². The fourth-order valence-electron chi connectivity index (χ4n) is 2.70. The Morgan fingerprint density at radius 3 is 3.11 bits per heavy atom. The van der Waals surface area contributed by atoms with E-state index >= 15 is 0 Å². The van der Waals surface area contributed by atoms with Gasteiger partial charge in [-0.3, -0.25) is 4.90 Å². The molecule has 0 spiro atoms. The topological polar surface area (TPSA) is 46.6 Å². The standard InChI is InChI=1S/C14H20N4/c1-11-4-5-14-16-13(10-18(14)7-11)9-17-6-2-3-12(15)8-17/h4-5,7,10,12H,2-3,6,8-9,15H2,1H3/t12-/m1/s1.